The predicted octanol–water partition coefficient (Wildman–Crippen LogP) is 1.03. The van der Waals surface area contributed by atoms with Crippen molar-refractivity contribution < 1.29 is 4.79 Å². The van der Waals surface area contributed by atoms with Crippen LogP contribution in [0.25, 0.3) is 0 Å². The molecule has 0 radical (unpaired) electrons. The van der Waals surface area contributed by atoms with E-state index in [9.17, 15) is 4.79 Å². The molecule has 3 N–H and O–H groups in total. The Kier molecular flexibility index (Phi) is 2.61. The van der Waals surface area contributed by atoms with Crippen molar-refractivity contribution in [2.24, 2.45) is 11.8 Å². The van der Waals surface area contributed by atoms with Gasteiger partial charge < -0.3 is 10.6 Å². The Morgan fingerprint density at radius 2 is 2.00 bits per heavy atom. The number of nitrogen functional groups attached to an aromatic ring is 1. The fourth-order valence-corrected chi connectivity index (χ4v) is 2.17. The van der Waals surface area contributed by atoms with Gasteiger partial charge in [-0.3, -0.25) is 9.89 Å². The van der Waals surface area contributed by atoms with Gasteiger partial charge in [0.25, 0.3) is 5.91 Å². The van der Waals surface area contributed by atoms with E-state index in [1.54, 1.807) is 0 Å². The molecule has 0 bridgehead atoms. The van der Waals surface area contributed by atoms with Gasteiger partial charge in [-0.25, -0.2) is 0 Å². The number of amides is 1. The number of carbonyl (C=O) groups excluding carboxylic acids is 1. The Morgan fingerprint density at radius 1 is 1.44 bits per heavy atom. The van der Waals surface area contributed by atoms with E-state index in [0.717, 1.165) is 18.8 Å². The minimum atomic E-state index is -0.0000463. The molecule has 1 saturated heterocycles. The van der Waals surface area contributed by atoms with Crippen LogP contribution in [0.2, 0.25) is 0 Å². The average Bonchev–Trinajstić information content (AvgIpc) is 2.72. The van der Waals surface area contributed by atoms with Crippen LogP contribution in [-0.2, 0) is 0 Å². The van der Waals surface area contributed by atoms with Gasteiger partial charge in [0.2, 0.25) is 0 Å². The zero-order valence-electron chi connectivity index (χ0n) is 9.95. The van der Waals surface area contributed by atoms with Gasteiger partial charge in [-0.15, -0.1) is 0 Å². The third kappa shape index (κ3) is 1.66. The first-order valence-electron chi connectivity index (χ1n) is 5.60. The molecule has 2 rings (SSSR count). The number of H-pyrrole nitrogens is 1. The van der Waals surface area contributed by atoms with Gasteiger partial charge in [-0.1, -0.05) is 13.8 Å². The average molecular weight is 222 g/mol. The Labute approximate surface area is 95.0 Å². The summed E-state index contributed by atoms with van der Waals surface area (Å²) in [5.41, 5.74) is 6.96. The van der Waals surface area contributed by atoms with Crippen LogP contribution in [0.5, 0.6) is 0 Å². The van der Waals surface area contributed by atoms with Crippen LogP contribution in [0.15, 0.2) is 0 Å². The van der Waals surface area contributed by atoms with E-state index in [1.165, 1.54) is 0 Å². The van der Waals surface area contributed by atoms with Crippen LogP contribution in [0, 0.1) is 18.8 Å². The number of likely N-dealkylation sites (tertiary alicyclic amines) is 1. The number of nitrogens with two attached hydrogens (primary N) is 1. The van der Waals surface area contributed by atoms with Gasteiger partial charge in [0.1, 0.15) is 5.56 Å². The summed E-state index contributed by atoms with van der Waals surface area (Å²) in [4.78, 5) is 14.1. The van der Waals surface area contributed by atoms with Crippen molar-refractivity contribution in [1.82, 2.24) is 15.1 Å². The third-order valence-corrected chi connectivity index (χ3v) is 3.46. The smallest absolute Gasteiger partial charge is 0.259 e. The van der Waals surface area contributed by atoms with Crippen LogP contribution in [0.4, 0.5) is 5.82 Å². The maximum Gasteiger partial charge on any atom is 0.259 e. The molecule has 5 nitrogen and oxygen atoms in total. The topological polar surface area (TPSA) is 75.0 Å². The van der Waals surface area contributed by atoms with Crippen molar-refractivity contribution >= 4 is 11.7 Å². The lowest BCUT2D eigenvalue weighted by molar-refractivity contribution is 0.0785. The van der Waals surface area contributed by atoms with Gasteiger partial charge in [-0.05, 0) is 18.8 Å². The number of hydrogen-bond donors (Lipinski definition) is 2. The number of nitrogens with one attached hydrogen (secondary N) is 1. The first-order chi connectivity index (χ1) is 7.50. The lowest BCUT2D eigenvalue weighted by Crippen LogP contribution is -2.29. The van der Waals surface area contributed by atoms with Crippen LogP contribution in [0.3, 0.4) is 0 Å². The molecule has 2 unspecified atom stereocenters. The number of nitrogens with zero attached hydrogens (tertiary/aromatic N) is 2. The summed E-state index contributed by atoms with van der Waals surface area (Å²) >= 11 is 0. The lowest BCUT2D eigenvalue weighted by Gasteiger charge is -2.15. The normalized spacial score (nSPS) is 25.1. The highest BCUT2D eigenvalue weighted by Crippen LogP contribution is 2.25. The van der Waals surface area contributed by atoms with E-state index in [1.807, 2.05) is 11.8 Å². The standard InChI is InChI=1S/C11H18N4O/c1-6-4-15(5-7(6)2)11(16)9-8(3)13-14-10(9)12/h6-7H,4-5H2,1-3H3,(H3,12,13,14). The molecule has 1 aromatic rings. The first kappa shape index (κ1) is 11.0. The van der Waals surface area contributed by atoms with E-state index >= 15 is 0 Å². The summed E-state index contributed by atoms with van der Waals surface area (Å²) in [5, 5.41) is 6.59. The number of aromatic amines is 1. The SMILES string of the molecule is Cc1[nH]nc(N)c1C(=O)N1CC(C)C(C)C1. The summed E-state index contributed by atoms with van der Waals surface area (Å²) in [6, 6.07) is 0. The van der Waals surface area contributed by atoms with E-state index in [2.05, 4.69) is 24.0 Å². The van der Waals surface area contributed by atoms with Crippen molar-refractivity contribution in [3.05, 3.63) is 11.3 Å². The maximum absolute atomic E-state index is 12.2. The van der Waals surface area contributed by atoms with Crippen LogP contribution >= 0.6 is 0 Å². The maximum atomic E-state index is 12.2. The van der Waals surface area contributed by atoms with E-state index in [-0.39, 0.29) is 5.91 Å². The molecule has 0 aromatic carbocycles. The van der Waals surface area contributed by atoms with Crippen molar-refractivity contribution in [2.45, 2.75) is 20.8 Å². The molecule has 1 fully saturated rings. The Hall–Kier alpha value is -1.52. The fraction of sp³-hybridized carbons (Fsp3) is 0.636. The number of hydrogen-bond acceptors (Lipinski definition) is 3. The van der Waals surface area contributed by atoms with Gasteiger partial charge in [0.05, 0.1) is 0 Å². The number of aryl methyl sites for hydroxylation is 1. The predicted molar refractivity (Wildman–Crippen MR) is 62.0 cm³/mol. The quantitative estimate of drug-likeness (QED) is 0.745. The zero-order valence-corrected chi connectivity index (χ0v) is 9.95. The van der Waals surface area contributed by atoms with Gasteiger partial charge >= 0.3 is 0 Å². The van der Waals surface area contributed by atoms with Crippen molar-refractivity contribution in [3.63, 3.8) is 0 Å². The minimum absolute atomic E-state index is 0.0000463. The fourth-order valence-electron chi connectivity index (χ4n) is 2.17. The highest BCUT2D eigenvalue weighted by molar-refractivity contribution is 5.99. The van der Waals surface area contributed by atoms with E-state index in [0.29, 0.717) is 23.2 Å². The molecule has 16 heavy (non-hydrogen) atoms. The van der Waals surface area contributed by atoms with Crippen molar-refractivity contribution in [3.8, 4) is 0 Å². The number of rotatable bonds is 1. The monoisotopic (exact) mass is 222 g/mol. The number of aromatic nitrogens is 2. The molecule has 2 heterocycles. The summed E-state index contributed by atoms with van der Waals surface area (Å²) < 4.78 is 0. The Bertz CT molecular complexity index is 383. The molecule has 0 aliphatic carbocycles. The van der Waals surface area contributed by atoms with Crippen LogP contribution in [-0.4, -0.2) is 34.1 Å². The largest absolute Gasteiger partial charge is 0.382 e. The second-order valence-electron chi connectivity index (χ2n) is 4.77. The van der Waals surface area contributed by atoms with Gasteiger partial charge in [-0.2, -0.15) is 5.10 Å². The molecule has 0 saturated carbocycles. The van der Waals surface area contributed by atoms with Crippen LogP contribution in [0.1, 0.15) is 29.9 Å². The third-order valence-electron chi connectivity index (χ3n) is 3.46. The summed E-state index contributed by atoms with van der Waals surface area (Å²) in [6.07, 6.45) is 0. The summed E-state index contributed by atoms with van der Waals surface area (Å²) in [5.74, 6) is 1.41. The van der Waals surface area contributed by atoms with E-state index in [4.69, 9.17) is 5.73 Å². The highest BCUT2D eigenvalue weighted by Gasteiger charge is 2.31. The molecule has 1 amide bonds. The van der Waals surface area contributed by atoms with Gasteiger partial charge in [0, 0.05) is 18.8 Å². The Morgan fingerprint density at radius 3 is 2.44 bits per heavy atom. The number of anilines is 1. The molecule has 88 valence electrons. The van der Waals surface area contributed by atoms with Crippen molar-refractivity contribution in [2.75, 3.05) is 18.8 Å². The summed E-state index contributed by atoms with van der Waals surface area (Å²) in [7, 11) is 0. The molecule has 1 aromatic heterocycles. The zero-order chi connectivity index (χ0) is 11.9. The van der Waals surface area contributed by atoms with Crippen LogP contribution < -0.4 is 5.73 Å². The van der Waals surface area contributed by atoms with Gasteiger partial charge in [0.15, 0.2) is 5.82 Å². The molecule has 5 heteroatoms. The molecule has 0 spiro atoms. The molecular weight excluding hydrogens is 204 g/mol. The van der Waals surface area contributed by atoms with Crippen molar-refractivity contribution in [1.29, 1.82) is 0 Å². The molecular formula is C11H18N4O. The lowest BCUT2D eigenvalue weighted by atomic mass is 10.0. The second kappa shape index (κ2) is 3.81. The highest BCUT2D eigenvalue weighted by atomic mass is 16.2. The van der Waals surface area contributed by atoms with E-state index < -0.39 is 0 Å². The molecule has 1 aliphatic heterocycles. The Balaban J connectivity index is 2.21. The summed E-state index contributed by atoms with van der Waals surface area (Å²) in [6.45, 7) is 7.78. The second-order valence-corrected chi connectivity index (χ2v) is 4.77. The molecule has 2 atom stereocenters. The molecule has 1 aliphatic rings. The minimum Gasteiger partial charge on any atom is -0.382 e. The first-order valence-corrected chi connectivity index (χ1v) is 5.60. The number of carbonyl (C=O) groups is 1.